The van der Waals surface area contributed by atoms with Crippen molar-refractivity contribution in [3.8, 4) is 0 Å². The SMILES string of the molecule is O=C(/C=C/c1ccnc(Cl)c1)N1CCC2(O)CCCCC2C1. The number of aromatic nitrogens is 1. The number of carbonyl (C=O) groups is 1. The monoisotopic (exact) mass is 320 g/mol. The van der Waals surface area contributed by atoms with Gasteiger partial charge in [0.05, 0.1) is 5.60 Å². The molecular weight excluding hydrogens is 300 g/mol. The van der Waals surface area contributed by atoms with Crippen LogP contribution in [0, 0.1) is 5.92 Å². The summed E-state index contributed by atoms with van der Waals surface area (Å²) < 4.78 is 0. The van der Waals surface area contributed by atoms with Gasteiger partial charge in [0.2, 0.25) is 5.91 Å². The molecule has 118 valence electrons. The molecule has 1 aliphatic heterocycles. The Bertz CT molecular complexity index is 590. The largest absolute Gasteiger partial charge is 0.389 e. The second kappa shape index (κ2) is 6.39. The highest BCUT2D eigenvalue weighted by Gasteiger charge is 2.43. The molecule has 1 aliphatic carbocycles. The first-order valence-corrected chi connectivity index (χ1v) is 8.25. The van der Waals surface area contributed by atoms with E-state index in [2.05, 4.69) is 4.98 Å². The third kappa shape index (κ3) is 3.33. The van der Waals surface area contributed by atoms with Gasteiger partial charge in [-0.1, -0.05) is 24.4 Å². The van der Waals surface area contributed by atoms with Gasteiger partial charge in [-0.2, -0.15) is 0 Å². The number of hydrogen-bond donors (Lipinski definition) is 1. The molecular formula is C17H21ClN2O2. The Hall–Kier alpha value is -1.39. The first-order chi connectivity index (χ1) is 10.6. The molecule has 1 aromatic heterocycles. The van der Waals surface area contributed by atoms with Crippen molar-refractivity contribution in [3.63, 3.8) is 0 Å². The standard InChI is InChI=1S/C17H21ClN2O2/c18-15-11-13(6-9-19-15)4-5-16(21)20-10-8-17(22)7-2-1-3-14(17)12-20/h4-6,9,11,14,22H,1-3,7-8,10,12H2/b5-4+. The molecule has 2 unspecified atom stereocenters. The summed E-state index contributed by atoms with van der Waals surface area (Å²) in [5.74, 6) is 0.225. The number of fused-ring (bicyclic) bond motifs is 1. The maximum absolute atomic E-state index is 12.3. The average molecular weight is 321 g/mol. The number of aliphatic hydroxyl groups is 1. The van der Waals surface area contributed by atoms with Crippen LogP contribution in [0.2, 0.25) is 5.15 Å². The second-order valence-electron chi connectivity index (χ2n) is 6.33. The molecule has 2 heterocycles. The maximum atomic E-state index is 12.3. The van der Waals surface area contributed by atoms with Gasteiger partial charge >= 0.3 is 0 Å². The highest BCUT2D eigenvalue weighted by atomic mass is 35.5. The molecule has 1 N–H and O–H groups in total. The first-order valence-electron chi connectivity index (χ1n) is 7.88. The Balaban J connectivity index is 1.63. The van der Waals surface area contributed by atoms with E-state index in [0.717, 1.165) is 31.2 Å². The minimum absolute atomic E-state index is 0.000517. The molecule has 4 nitrogen and oxygen atoms in total. The number of hydrogen-bond acceptors (Lipinski definition) is 3. The molecule has 5 heteroatoms. The van der Waals surface area contributed by atoms with Crippen molar-refractivity contribution >= 4 is 23.6 Å². The summed E-state index contributed by atoms with van der Waals surface area (Å²) in [7, 11) is 0. The number of halogens is 1. The highest BCUT2D eigenvalue weighted by Crippen LogP contribution is 2.39. The molecule has 0 radical (unpaired) electrons. The minimum atomic E-state index is -0.544. The Kier molecular flexibility index (Phi) is 4.50. The van der Waals surface area contributed by atoms with Crippen LogP contribution in [0.15, 0.2) is 24.4 Å². The normalized spacial score (nSPS) is 28.6. The van der Waals surface area contributed by atoms with Gasteiger partial charge in [-0.25, -0.2) is 4.98 Å². The smallest absolute Gasteiger partial charge is 0.246 e. The van der Waals surface area contributed by atoms with E-state index in [1.807, 2.05) is 11.0 Å². The van der Waals surface area contributed by atoms with E-state index in [9.17, 15) is 9.90 Å². The lowest BCUT2D eigenvalue weighted by molar-refractivity contribution is -0.138. The van der Waals surface area contributed by atoms with E-state index in [1.54, 1.807) is 24.4 Å². The fourth-order valence-electron chi connectivity index (χ4n) is 3.57. The molecule has 1 saturated heterocycles. The van der Waals surface area contributed by atoms with Crippen LogP contribution in [0.25, 0.3) is 6.08 Å². The van der Waals surface area contributed by atoms with E-state index in [-0.39, 0.29) is 11.8 Å². The minimum Gasteiger partial charge on any atom is -0.389 e. The molecule has 1 aromatic rings. The van der Waals surface area contributed by atoms with Gasteiger partial charge in [-0.15, -0.1) is 0 Å². The summed E-state index contributed by atoms with van der Waals surface area (Å²) >= 11 is 5.83. The summed E-state index contributed by atoms with van der Waals surface area (Å²) in [6, 6.07) is 3.53. The maximum Gasteiger partial charge on any atom is 0.246 e. The molecule has 2 aliphatic rings. The number of piperidine rings is 1. The summed E-state index contributed by atoms with van der Waals surface area (Å²) in [5.41, 5.74) is 0.316. The van der Waals surface area contributed by atoms with Gasteiger partial charge in [0.15, 0.2) is 0 Å². The predicted molar refractivity (Wildman–Crippen MR) is 86.4 cm³/mol. The molecule has 2 fully saturated rings. The summed E-state index contributed by atoms with van der Waals surface area (Å²) in [6.07, 6.45) is 9.81. The predicted octanol–water partition coefficient (Wildman–Crippen LogP) is 2.90. The van der Waals surface area contributed by atoms with Crippen molar-refractivity contribution in [2.45, 2.75) is 37.7 Å². The quantitative estimate of drug-likeness (QED) is 0.673. The van der Waals surface area contributed by atoms with Gasteiger partial charge in [-0.3, -0.25) is 4.79 Å². The van der Waals surface area contributed by atoms with Crippen molar-refractivity contribution in [2.24, 2.45) is 5.92 Å². The second-order valence-corrected chi connectivity index (χ2v) is 6.71. The third-order valence-electron chi connectivity index (χ3n) is 4.91. The van der Waals surface area contributed by atoms with Crippen molar-refractivity contribution in [2.75, 3.05) is 13.1 Å². The van der Waals surface area contributed by atoms with E-state index in [4.69, 9.17) is 11.6 Å². The lowest BCUT2D eigenvalue weighted by atomic mass is 9.71. The van der Waals surface area contributed by atoms with E-state index < -0.39 is 5.60 Å². The zero-order chi connectivity index (χ0) is 15.6. The molecule has 2 atom stereocenters. The molecule has 0 aromatic carbocycles. The van der Waals surface area contributed by atoms with Gasteiger partial charge in [-0.05, 0) is 43.0 Å². The van der Waals surface area contributed by atoms with Crippen molar-refractivity contribution in [1.82, 2.24) is 9.88 Å². The molecule has 1 amide bonds. The number of amides is 1. The Morgan fingerprint density at radius 3 is 3.14 bits per heavy atom. The van der Waals surface area contributed by atoms with Crippen LogP contribution < -0.4 is 0 Å². The Morgan fingerprint density at radius 1 is 1.45 bits per heavy atom. The van der Waals surface area contributed by atoms with Gasteiger partial charge in [0.1, 0.15) is 5.15 Å². The molecule has 0 spiro atoms. The fraction of sp³-hybridized carbons (Fsp3) is 0.529. The number of carbonyl (C=O) groups excluding carboxylic acids is 1. The zero-order valence-corrected chi connectivity index (χ0v) is 13.3. The van der Waals surface area contributed by atoms with E-state index in [1.165, 1.54) is 0 Å². The Morgan fingerprint density at radius 2 is 2.32 bits per heavy atom. The molecule has 0 bridgehead atoms. The lowest BCUT2D eigenvalue weighted by Gasteiger charge is -2.47. The van der Waals surface area contributed by atoms with Crippen LogP contribution in [-0.4, -0.2) is 39.6 Å². The van der Waals surface area contributed by atoms with Crippen molar-refractivity contribution in [3.05, 3.63) is 35.1 Å². The molecule has 22 heavy (non-hydrogen) atoms. The van der Waals surface area contributed by atoms with E-state index in [0.29, 0.717) is 24.7 Å². The fourth-order valence-corrected chi connectivity index (χ4v) is 3.75. The van der Waals surface area contributed by atoms with Crippen LogP contribution in [0.4, 0.5) is 0 Å². The summed E-state index contributed by atoms with van der Waals surface area (Å²) in [4.78, 5) is 18.1. The zero-order valence-electron chi connectivity index (χ0n) is 12.5. The number of rotatable bonds is 2. The van der Waals surface area contributed by atoms with Gasteiger partial charge in [0.25, 0.3) is 0 Å². The van der Waals surface area contributed by atoms with Crippen LogP contribution in [0.3, 0.4) is 0 Å². The van der Waals surface area contributed by atoms with Gasteiger partial charge < -0.3 is 10.0 Å². The van der Waals surface area contributed by atoms with Crippen LogP contribution >= 0.6 is 11.6 Å². The molecule has 3 rings (SSSR count). The van der Waals surface area contributed by atoms with Gasteiger partial charge in [0, 0.05) is 31.3 Å². The lowest BCUT2D eigenvalue weighted by Crippen LogP contribution is -2.54. The molecule has 1 saturated carbocycles. The average Bonchev–Trinajstić information content (AvgIpc) is 2.52. The number of pyridine rings is 1. The summed E-state index contributed by atoms with van der Waals surface area (Å²) in [5, 5.41) is 11.1. The highest BCUT2D eigenvalue weighted by molar-refractivity contribution is 6.29. The van der Waals surface area contributed by atoms with Crippen molar-refractivity contribution in [1.29, 1.82) is 0 Å². The van der Waals surface area contributed by atoms with E-state index >= 15 is 0 Å². The Labute approximate surface area is 135 Å². The third-order valence-corrected chi connectivity index (χ3v) is 5.11. The van der Waals surface area contributed by atoms with Crippen LogP contribution in [0.1, 0.15) is 37.7 Å². The topological polar surface area (TPSA) is 53.4 Å². The number of likely N-dealkylation sites (tertiary alicyclic amines) is 1. The van der Waals surface area contributed by atoms with Crippen molar-refractivity contribution < 1.29 is 9.90 Å². The number of nitrogens with zero attached hydrogens (tertiary/aromatic N) is 2. The summed E-state index contributed by atoms with van der Waals surface area (Å²) in [6.45, 7) is 1.30. The van der Waals surface area contributed by atoms with Crippen LogP contribution in [-0.2, 0) is 4.79 Å². The van der Waals surface area contributed by atoms with Crippen LogP contribution in [0.5, 0.6) is 0 Å². The first kappa shape index (κ1) is 15.5.